The molecule has 34 heavy (non-hydrogen) atoms. The van der Waals surface area contributed by atoms with Gasteiger partial charge in [-0.1, -0.05) is 24.6 Å². The van der Waals surface area contributed by atoms with Gasteiger partial charge < -0.3 is 0 Å². The van der Waals surface area contributed by atoms with Crippen LogP contribution in [0.1, 0.15) is 51.5 Å². The molecule has 0 fully saturated rings. The second-order valence-electron chi connectivity index (χ2n) is 8.08. The highest BCUT2D eigenvalue weighted by Gasteiger charge is 2.25. The normalized spacial score (nSPS) is 13.2. The van der Waals surface area contributed by atoms with Crippen molar-refractivity contribution in [1.29, 1.82) is 0 Å². The summed E-state index contributed by atoms with van der Waals surface area (Å²) in [5, 5.41) is 11.3. The standard InChI is InChI=1S/C24H21FN6O3/c25-14-10-12-15(13-11-14)31-19-9-3-1-2-8-18(19)21(30-31)24(34)29-28-23(33)20-16-6-4-5-7-17(16)22(32)27-26-20/h4-7,10-13H,1-3,8-9H2,(H,27,32)(H,28,33)(H,29,34). The fraction of sp³-hybridized carbons (Fsp3) is 0.208. The van der Waals surface area contributed by atoms with E-state index in [-0.39, 0.29) is 17.2 Å². The number of nitrogens with zero attached hydrogens (tertiary/aromatic N) is 3. The van der Waals surface area contributed by atoms with Gasteiger partial charge in [0.2, 0.25) is 0 Å². The molecule has 2 aromatic heterocycles. The third-order valence-electron chi connectivity index (χ3n) is 5.92. The number of nitrogens with one attached hydrogen (secondary N) is 3. The third kappa shape index (κ3) is 3.94. The van der Waals surface area contributed by atoms with Gasteiger partial charge in [0.05, 0.1) is 11.1 Å². The number of hydrogen-bond acceptors (Lipinski definition) is 5. The van der Waals surface area contributed by atoms with E-state index in [0.717, 1.165) is 36.9 Å². The molecule has 1 aliphatic rings. The van der Waals surface area contributed by atoms with Gasteiger partial charge in [-0.15, -0.1) is 0 Å². The zero-order valence-electron chi connectivity index (χ0n) is 18.1. The first-order valence-electron chi connectivity index (χ1n) is 11.0. The minimum absolute atomic E-state index is 0.0221. The van der Waals surface area contributed by atoms with E-state index in [1.807, 2.05) is 0 Å². The number of hydrogen-bond donors (Lipinski definition) is 3. The van der Waals surface area contributed by atoms with Crippen LogP contribution in [-0.2, 0) is 12.8 Å². The predicted octanol–water partition coefficient (Wildman–Crippen LogP) is 2.59. The van der Waals surface area contributed by atoms with E-state index < -0.39 is 17.4 Å². The van der Waals surface area contributed by atoms with E-state index in [4.69, 9.17) is 0 Å². The third-order valence-corrected chi connectivity index (χ3v) is 5.92. The Kier molecular flexibility index (Phi) is 5.62. The van der Waals surface area contributed by atoms with Crippen LogP contribution in [0.4, 0.5) is 4.39 Å². The van der Waals surface area contributed by atoms with Crippen molar-refractivity contribution >= 4 is 22.6 Å². The lowest BCUT2D eigenvalue weighted by atomic mass is 10.1. The van der Waals surface area contributed by atoms with Gasteiger partial charge in [-0.05, 0) is 56.0 Å². The number of aromatic nitrogens is 4. The Balaban J connectivity index is 1.42. The summed E-state index contributed by atoms with van der Waals surface area (Å²) in [6, 6.07) is 12.5. The highest BCUT2D eigenvalue weighted by atomic mass is 19.1. The van der Waals surface area contributed by atoms with Crippen LogP contribution in [-0.4, -0.2) is 31.8 Å². The van der Waals surface area contributed by atoms with E-state index in [1.165, 1.54) is 12.1 Å². The summed E-state index contributed by atoms with van der Waals surface area (Å²) in [5.41, 5.74) is 6.95. The monoisotopic (exact) mass is 460 g/mol. The minimum atomic E-state index is -0.676. The molecule has 0 saturated carbocycles. The van der Waals surface area contributed by atoms with Gasteiger partial charge in [-0.25, -0.2) is 14.2 Å². The topological polar surface area (TPSA) is 122 Å². The Morgan fingerprint density at radius 1 is 0.882 bits per heavy atom. The molecule has 2 amide bonds. The van der Waals surface area contributed by atoms with E-state index >= 15 is 0 Å². The van der Waals surface area contributed by atoms with Gasteiger partial charge in [0, 0.05) is 16.6 Å². The van der Waals surface area contributed by atoms with Crippen LogP contribution in [0.25, 0.3) is 16.5 Å². The lowest BCUT2D eigenvalue weighted by molar-refractivity contribution is 0.0841. The molecule has 2 heterocycles. The first-order valence-corrected chi connectivity index (χ1v) is 11.0. The number of carbonyl (C=O) groups is 2. The van der Waals surface area contributed by atoms with Crippen LogP contribution in [0.3, 0.4) is 0 Å². The summed E-state index contributed by atoms with van der Waals surface area (Å²) in [7, 11) is 0. The number of carbonyl (C=O) groups excluding carboxylic acids is 2. The number of hydrazine groups is 1. The molecule has 10 heteroatoms. The summed E-state index contributed by atoms with van der Waals surface area (Å²) in [5.74, 6) is -1.60. The lowest BCUT2D eigenvalue weighted by Gasteiger charge is -2.08. The summed E-state index contributed by atoms with van der Waals surface area (Å²) in [4.78, 5) is 37.7. The van der Waals surface area contributed by atoms with Crippen molar-refractivity contribution in [2.75, 3.05) is 0 Å². The molecule has 0 atom stereocenters. The van der Waals surface area contributed by atoms with Crippen molar-refractivity contribution in [2.45, 2.75) is 32.1 Å². The Labute approximate surface area is 193 Å². The van der Waals surface area contributed by atoms with Crippen LogP contribution >= 0.6 is 0 Å². The number of rotatable bonds is 3. The largest absolute Gasteiger partial charge is 0.290 e. The van der Waals surface area contributed by atoms with Crippen LogP contribution in [0.5, 0.6) is 0 Å². The molecule has 0 unspecified atom stereocenters. The van der Waals surface area contributed by atoms with E-state index in [9.17, 15) is 18.8 Å². The molecule has 1 aliphatic carbocycles. The molecule has 0 spiro atoms. The first kappa shape index (κ1) is 21.5. The van der Waals surface area contributed by atoms with Gasteiger partial charge in [0.25, 0.3) is 17.4 Å². The molecule has 9 nitrogen and oxygen atoms in total. The molecule has 0 radical (unpaired) electrons. The number of H-pyrrole nitrogens is 1. The van der Waals surface area contributed by atoms with Crippen molar-refractivity contribution < 1.29 is 14.0 Å². The molecular weight excluding hydrogens is 439 g/mol. The first-order chi connectivity index (χ1) is 16.5. The maximum atomic E-state index is 13.4. The van der Waals surface area contributed by atoms with Crippen LogP contribution < -0.4 is 16.4 Å². The summed E-state index contributed by atoms with van der Waals surface area (Å²) in [6.07, 6.45) is 4.33. The summed E-state index contributed by atoms with van der Waals surface area (Å²) in [6.45, 7) is 0. The molecule has 2 aromatic carbocycles. The Morgan fingerprint density at radius 3 is 2.32 bits per heavy atom. The summed E-state index contributed by atoms with van der Waals surface area (Å²) < 4.78 is 15.1. The number of aromatic amines is 1. The van der Waals surface area contributed by atoms with Gasteiger partial charge in [-0.2, -0.15) is 10.2 Å². The van der Waals surface area contributed by atoms with Crippen molar-refractivity contribution in [3.05, 3.63) is 87.3 Å². The quantitative estimate of drug-likeness (QED) is 0.321. The molecule has 0 bridgehead atoms. The molecule has 172 valence electrons. The van der Waals surface area contributed by atoms with Crippen LogP contribution in [0.15, 0.2) is 53.3 Å². The van der Waals surface area contributed by atoms with Gasteiger partial charge in [0.15, 0.2) is 11.4 Å². The average Bonchev–Trinajstić information content (AvgIpc) is 3.04. The minimum Gasteiger partial charge on any atom is -0.267 e. The van der Waals surface area contributed by atoms with E-state index in [1.54, 1.807) is 41.1 Å². The molecular formula is C24H21FN6O3. The maximum absolute atomic E-state index is 13.4. The number of amides is 2. The molecule has 0 aliphatic heterocycles. The number of benzene rings is 2. The van der Waals surface area contributed by atoms with Gasteiger partial charge in [0.1, 0.15) is 5.82 Å². The van der Waals surface area contributed by atoms with E-state index in [2.05, 4.69) is 26.1 Å². The second-order valence-corrected chi connectivity index (χ2v) is 8.08. The number of fused-ring (bicyclic) bond motifs is 2. The highest BCUT2D eigenvalue weighted by molar-refractivity contribution is 6.05. The highest BCUT2D eigenvalue weighted by Crippen LogP contribution is 2.26. The molecule has 3 N–H and O–H groups in total. The van der Waals surface area contributed by atoms with Crippen LogP contribution in [0, 0.1) is 5.82 Å². The fourth-order valence-corrected chi connectivity index (χ4v) is 4.27. The van der Waals surface area contributed by atoms with Crippen molar-refractivity contribution in [3.63, 3.8) is 0 Å². The van der Waals surface area contributed by atoms with Gasteiger partial charge >= 0.3 is 0 Å². The number of halogens is 1. The SMILES string of the molecule is O=C(NNC(=O)c1n[nH]c(=O)c2ccccc12)c1nn(-c2ccc(F)cc2)c2c1CCCCC2. The van der Waals surface area contributed by atoms with Crippen molar-refractivity contribution in [3.8, 4) is 5.69 Å². The lowest BCUT2D eigenvalue weighted by Crippen LogP contribution is -2.42. The molecule has 0 saturated heterocycles. The Morgan fingerprint density at radius 2 is 1.56 bits per heavy atom. The average molecular weight is 460 g/mol. The van der Waals surface area contributed by atoms with Crippen LogP contribution in [0.2, 0.25) is 0 Å². The molecule has 5 rings (SSSR count). The smallest absolute Gasteiger partial charge is 0.267 e. The maximum Gasteiger partial charge on any atom is 0.290 e. The fourth-order valence-electron chi connectivity index (χ4n) is 4.27. The zero-order chi connectivity index (χ0) is 23.7. The second kappa shape index (κ2) is 8.89. The summed E-state index contributed by atoms with van der Waals surface area (Å²) >= 11 is 0. The van der Waals surface area contributed by atoms with Crippen molar-refractivity contribution in [1.82, 2.24) is 30.8 Å². The predicted molar refractivity (Wildman–Crippen MR) is 122 cm³/mol. The van der Waals surface area contributed by atoms with Gasteiger partial charge in [-0.3, -0.25) is 25.2 Å². The van der Waals surface area contributed by atoms with E-state index in [0.29, 0.717) is 22.9 Å². The zero-order valence-corrected chi connectivity index (χ0v) is 18.1. The Bertz CT molecular complexity index is 1460. The van der Waals surface area contributed by atoms with Crippen molar-refractivity contribution in [2.24, 2.45) is 0 Å². The molecule has 4 aromatic rings. The Hall–Kier alpha value is -4.34.